The monoisotopic (exact) mass is 252 g/mol. The number of ether oxygens (including phenoxy) is 1. The second-order valence-corrected chi connectivity index (χ2v) is 4.38. The molecular weight excluding hydrogens is 235 g/mol. The van der Waals surface area contributed by atoms with Gasteiger partial charge in [0, 0.05) is 25.7 Å². The molecule has 1 saturated heterocycles. The van der Waals surface area contributed by atoms with E-state index in [4.69, 9.17) is 4.74 Å². The largest absolute Gasteiger partial charge is 0.484 e. The summed E-state index contributed by atoms with van der Waals surface area (Å²) in [5, 5.41) is 3.22. The van der Waals surface area contributed by atoms with E-state index in [0.717, 1.165) is 13.1 Å². The summed E-state index contributed by atoms with van der Waals surface area (Å²) < 4.78 is 18.0. The van der Waals surface area contributed by atoms with Gasteiger partial charge in [-0.1, -0.05) is 0 Å². The van der Waals surface area contributed by atoms with Gasteiger partial charge in [-0.05, 0) is 31.2 Å². The Labute approximate surface area is 106 Å². The molecule has 0 aromatic heterocycles. The Balaban J connectivity index is 1.85. The number of rotatable bonds is 3. The van der Waals surface area contributed by atoms with Gasteiger partial charge in [0.15, 0.2) is 6.61 Å². The quantitative estimate of drug-likeness (QED) is 0.873. The lowest BCUT2D eigenvalue weighted by Crippen LogP contribution is -2.53. The molecule has 1 aromatic carbocycles. The molecule has 1 amide bonds. The van der Waals surface area contributed by atoms with E-state index in [9.17, 15) is 9.18 Å². The Morgan fingerprint density at radius 1 is 1.50 bits per heavy atom. The Morgan fingerprint density at radius 3 is 2.89 bits per heavy atom. The van der Waals surface area contributed by atoms with E-state index in [1.807, 2.05) is 6.92 Å². The van der Waals surface area contributed by atoms with Crippen molar-refractivity contribution < 1.29 is 13.9 Å². The molecule has 5 heteroatoms. The van der Waals surface area contributed by atoms with Crippen LogP contribution in [0.2, 0.25) is 0 Å². The number of carbonyl (C=O) groups is 1. The zero-order valence-corrected chi connectivity index (χ0v) is 10.4. The highest BCUT2D eigenvalue weighted by Crippen LogP contribution is 2.11. The minimum absolute atomic E-state index is 0.00400. The lowest BCUT2D eigenvalue weighted by Gasteiger charge is -2.33. The van der Waals surface area contributed by atoms with Crippen LogP contribution in [0, 0.1) is 5.82 Å². The van der Waals surface area contributed by atoms with Crippen molar-refractivity contribution in [1.82, 2.24) is 10.2 Å². The Kier molecular flexibility index (Phi) is 4.15. The minimum Gasteiger partial charge on any atom is -0.484 e. The number of nitrogens with zero attached hydrogens (tertiary/aromatic N) is 1. The predicted molar refractivity (Wildman–Crippen MR) is 65.9 cm³/mol. The minimum atomic E-state index is -0.315. The molecule has 2 rings (SSSR count). The fourth-order valence-corrected chi connectivity index (χ4v) is 1.97. The molecule has 0 aliphatic carbocycles. The van der Waals surface area contributed by atoms with Crippen molar-refractivity contribution in [3.63, 3.8) is 0 Å². The van der Waals surface area contributed by atoms with Crippen LogP contribution < -0.4 is 10.1 Å². The van der Waals surface area contributed by atoms with Crippen LogP contribution in [0.5, 0.6) is 5.75 Å². The van der Waals surface area contributed by atoms with Gasteiger partial charge >= 0.3 is 0 Å². The maximum Gasteiger partial charge on any atom is 0.260 e. The molecule has 1 aliphatic heterocycles. The van der Waals surface area contributed by atoms with E-state index in [0.29, 0.717) is 12.3 Å². The molecule has 18 heavy (non-hydrogen) atoms. The number of halogens is 1. The van der Waals surface area contributed by atoms with Gasteiger partial charge in [-0.25, -0.2) is 4.39 Å². The van der Waals surface area contributed by atoms with E-state index in [-0.39, 0.29) is 24.4 Å². The summed E-state index contributed by atoms with van der Waals surface area (Å²) >= 11 is 0. The number of carbonyl (C=O) groups excluding carboxylic acids is 1. The number of nitrogens with one attached hydrogen (secondary N) is 1. The van der Waals surface area contributed by atoms with Crippen molar-refractivity contribution in [2.45, 2.75) is 13.0 Å². The van der Waals surface area contributed by atoms with Crippen molar-refractivity contribution in [3.05, 3.63) is 30.1 Å². The van der Waals surface area contributed by atoms with Gasteiger partial charge in [-0.3, -0.25) is 4.79 Å². The van der Waals surface area contributed by atoms with Gasteiger partial charge in [-0.2, -0.15) is 0 Å². The summed E-state index contributed by atoms with van der Waals surface area (Å²) in [7, 11) is 0. The van der Waals surface area contributed by atoms with Gasteiger partial charge in [0.1, 0.15) is 11.6 Å². The zero-order chi connectivity index (χ0) is 13.0. The molecule has 0 saturated carbocycles. The first-order valence-corrected chi connectivity index (χ1v) is 6.05. The van der Waals surface area contributed by atoms with Crippen molar-refractivity contribution in [2.75, 3.05) is 26.2 Å². The molecular formula is C13H17FN2O2. The Morgan fingerprint density at radius 2 is 2.22 bits per heavy atom. The fraction of sp³-hybridized carbons (Fsp3) is 0.462. The molecule has 1 N–H and O–H groups in total. The van der Waals surface area contributed by atoms with Gasteiger partial charge in [0.25, 0.3) is 5.91 Å². The second kappa shape index (κ2) is 5.82. The Bertz CT molecular complexity index is 408. The van der Waals surface area contributed by atoms with Crippen LogP contribution in [0.4, 0.5) is 4.39 Å². The van der Waals surface area contributed by atoms with Crippen LogP contribution in [0.15, 0.2) is 24.3 Å². The standard InChI is InChI=1S/C13H17FN2O2/c1-10-8-15-6-7-16(10)13(17)9-18-12-4-2-11(14)3-5-12/h2-5,10,15H,6-9H2,1H3/t10-/m1/s1. The van der Waals surface area contributed by atoms with Crippen LogP contribution in [-0.4, -0.2) is 43.1 Å². The summed E-state index contributed by atoms with van der Waals surface area (Å²) in [5.41, 5.74) is 0. The smallest absolute Gasteiger partial charge is 0.260 e. The molecule has 4 nitrogen and oxygen atoms in total. The van der Waals surface area contributed by atoms with Crippen LogP contribution in [0.25, 0.3) is 0 Å². The van der Waals surface area contributed by atoms with E-state index in [1.54, 1.807) is 4.90 Å². The molecule has 0 radical (unpaired) electrons. The first kappa shape index (κ1) is 12.8. The van der Waals surface area contributed by atoms with E-state index >= 15 is 0 Å². The number of piperazine rings is 1. The molecule has 98 valence electrons. The fourth-order valence-electron chi connectivity index (χ4n) is 1.97. The lowest BCUT2D eigenvalue weighted by molar-refractivity contribution is -0.136. The van der Waals surface area contributed by atoms with Crippen molar-refractivity contribution in [3.8, 4) is 5.75 Å². The molecule has 0 bridgehead atoms. The third-order valence-electron chi connectivity index (χ3n) is 3.00. The highest BCUT2D eigenvalue weighted by molar-refractivity contribution is 5.78. The molecule has 1 atom stereocenters. The van der Waals surface area contributed by atoms with Crippen molar-refractivity contribution >= 4 is 5.91 Å². The van der Waals surface area contributed by atoms with Gasteiger partial charge in [0.2, 0.25) is 0 Å². The molecule has 1 aromatic rings. The molecule has 1 fully saturated rings. The molecule has 1 heterocycles. The topological polar surface area (TPSA) is 41.6 Å². The molecule has 1 aliphatic rings. The zero-order valence-electron chi connectivity index (χ0n) is 10.4. The average molecular weight is 252 g/mol. The average Bonchev–Trinajstić information content (AvgIpc) is 2.38. The molecule has 0 unspecified atom stereocenters. The van der Waals surface area contributed by atoms with E-state index < -0.39 is 0 Å². The summed E-state index contributed by atoms with van der Waals surface area (Å²) in [4.78, 5) is 13.8. The van der Waals surface area contributed by atoms with Crippen LogP contribution in [0.1, 0.15) is 6.92 Å². The maximum absolute atomic E-state index is 12.7. The SMILES string of the molecule is C[C@@H]1CNCCN1C(=O)COc1ccc(F)cc1. The van der Waals surface area contributed by atoms with E-state index in [1.165, 1.54) is 24.3 Å². The van der Waals surface area contributed by atoms with Crippen LogP contribution in [-0.2, 0) is 4.79 Å². The third-order valence-corrected chi connectivity index (χ3v) is 3.00. The van der Waals surface area contributed by atoms with Gasteiger partial charge < -0.3 is 15.0 Å². The summed E-state index contributed by atoms with van der Waals surface area (Å²) in [6.07, 6.45) is 0. The molecule has 0 spiro atoms. The van der Waals surface area contributed by atoms with Gasteiger partial charge in [0.05, 0.1) is 0 Å². The maximum atomic E-state index is 12.7. The number of amides is 1. The van der Waals surface area contributed by atoms with Crippen LogP contribution >= 0.6 is 0 Å². The summed E-state index contributed by atoms with van der Waals surface area (Å²) in [6, 6.07) is 5.84. The Hall–Kier alpha value is -1.62. The van der Waals surface area contributed by atoms with E-state index in [2.05, 4.69) is 5.32 Å². The highest BCUT2D eigenvalue weighted by atomic mass is 19.1. The number of hydrogen-bond acceptors (Lipinski definition) is 3. The first-order chi connectivity index (χ1) is 8.66. The van der Waals surface area contributed by atoms with Gasteiger partial charge in [-0.15, -0.1) is 0 Å². The second-order valence-electron chi connectivity index (χ2n) is 4.38. The summed E-state index contributed by atoms with van der Waals surface area (Å²) in [5.74, 6) is 0.158. The first-order valence-electron chi connectivity index (χ1n) is 6.05. The normalized spacial score (nSPS) is 19.7. The third kappa shape index (κ3) is 3.20. The van der Waals surface area contributed by atoms with Crippen molar-refractivity contribution in [1.29, 1.82) is 0 Å². The lowest BCUT2D eigenvalue weighted by atomic mass is 10.2. The highest BCUT2D eigenvalue weighted by Gasteiger charge is 2.22. The predicted octanol–water partition coefficient (Wildman–Crippen LogP) is 1.02. The number of hydrogen-bond donors (Lipinski definition) is 1. The van der Waals surface area contributed by atoms with Crippen molar-refractivity contribution in [2.24, 2.45) is 0 Å². The summed E-state index contributed by atoms with van der Waals surface area (Å²) in [6.45, 7) is 4.32. The van der Waals surface area contributed by atoms with Crippen LogP contribution in [0.3, 0.4) is 0 Å². The number of benzene rings is 1.